The van der Waals surface area contributed by atoms with Crippen LogP contribution in [0.5, 0.6) is 0 Å². The standard InChI is InChI=1S/C12H9BrF3NO3/c13-8-2-1-5(12(14,15)16)3-9(8)17-10(18)6-4-7(6)11(19)20/h1-3,6-7H,4H2,(H,17,18)(H,19,20)/t6-,7+/m1/s1. The highest BCUT2D eigenvalue weighted by Gasteiger charge is 2.48. The molecule has 1 aliphatic rings. The molecule has 0 unspecified atom stereocenters. The van der Waals surface area contributed by atoms with E-state index in [0.29, 0.717) is 4.47 Å². The third kappa shape index (κ3) is 3.12. The zero-order valence-electron chi connectivity index (χ0n) is 9.87. The van der Waals surface area contributed by atoms with Gasteiger partial charge in [-0.3, -0.25) is 9.59 Å². The molecular weight excluding hydrogens is 343 g/mol. The Labute approximate surface area is 120 Å². The average Bonchev–Trinajstić information content (AvgIpc) is 3.10. The number of nitrogens with one attached hydrogen (secondary N) is 1. The second-order valence-electron chi connectivity index (χ2n) is 4.47. The first-order chi connectivity index (χ1) is 9.20. The van der Waals surface area contributed by atoms with Gasteiger partial charge in [-0.05, 0) is 40.5 Å². The van der Waals surface area contributed by atoms with Gasteiger partial charge in [0.05, 0.1) is 23.1 Å². The van der Waals surface area contributed by atoms with Gasteiger partial charge in [0.25, 0.3) is 0 Å². The van der Waals surface area contributed by atoms with Gasteiger partial charge in [-0.1, -0.05) is 0 Å². The van der Waals surface area contributed by atoms with Gasteiger partial charge >= 0.3 is 12.1 Å². The first-order valence-corrected chi connectivity index (χ1v) is 6.40. The number of anilines is 1. The van der Waals surface area contributed by atoms with Gasteiger partial charge in [0.15, 0.2) is 0 Å². The number of amides is 1. The van der Waals surface area contributed by atoms with Crippen LogP contribution in [0.15, 0.2) is 22.7 Å². The van der Waals surface area contributed by atoms with Crippen LogP contribution in [0.25, 0.3) is 0 Å². The molecule has 0 bridgehead atoms. The van der Waals surface area contributed by atoms with E-state index < -0.39 is 35.5 Å². The highest BCUT2D eigenvalue weighted by Crippen LogP contribution is 2.40. The lowest BCUT2D eigenvalue weighted by molar-refractivity contribution is -0.139. The molecule has 2 rings (SSSR count). The van der Waals surface area contributed by atoms with Crippen LogP contribution < -0.4 is 5.32 Å². The van der Waals surface area contributed by atoms with Gasteiger partial charge in [0.2, 0.25) is 5.91 Å². The minimum absolute atomic E-state index is 0.0270. The molecule has 0 heterocycles. The van der Waals surface area contributed by atoms with Crippen molar-refractivity contribution in [1.82, 2.24) is 0 Å². The Morgan fingerprint density at radius 3 is 2.45 bits per heavy atom. The molecule has 20 heavy (non-hydrogen) atoms. The van der Waals surface area contributed by atoms with Crippen LogP contribution in [0.4, 0.5) is 18.9 Å². The van der Waals surface area contributed by atoms with Crippen molar-refractivity contribution in [3.8, 4) is 0 Å². The second-order valence-corrected chi connectivity index (χ2v) is 5.32. The number of carboxylic acids is 1. The van der Waals surface area contributed by atoms with Crippen molar-refractivity contribution in [2.24, 2.45) is 11.8 Å². The number of carbonyl (C=O) groups is 2. The minimum Gasteiger partial charge on any atom is -0.481 e. The number of benzene rings is 1. The van der Waals surface area contributed by atoms with Crippen molar-refractivity contribution >= 4 is 33.5 Å². The molecule has 1 aromatic rings. The molecule has 1 aromatic carbocycles. The normalized spacial score (nSPS) is 21.4. The Balaban J connectivity index is 2.14. The largest absolute Gasteiger partial charge is 0.481 e. The molecule has 0 spiro atoms. The predicted molar refractivity (Wildman–Crippen MR) is 67.0 cm³/mol. The van der Waals surface area contributed by atoms with Crippen molar-refractivity contribution in [1.29, 1.82) is 0 Å². The summed E-state index contributed by atoms with van der Waals surface area (Å²) in [6, 6.07) is 2.87. The molecule has 8 heteroatoms. The number of carboxylic acid groups (broad SMARTS) is 1. The second kappa shape index (κ2) is 5.08. The highest BCUT2D eigenvalue weighted by molar-refractivity contribution is 9.10. The molecule has 108 valence electrons. The number of rotatable bonds is 3. The SMILES string of the molecule is O=C(O)[C@H]1C[C@H]1C(=O)Nc1cc(C(F)(F)F)ccc1Br. The molecule has 0 saturated heterocycles. The molecule has 1 fully saturated rings. The fourth-order valence-electron chi connectivity index (χ4n) is 1.78. The minimum atomic E-state index is -4.51. The van der Waals surface area contributed by atoms with Crippen LogP contribution in [-0.4, -0.2) is 17.0 Å². The molecule has 0 aromatic heterocycles. The maximum Gasteiger partial charge on any atom is 0.416 e. The molecule has 4 nitrogen and oxygen atoms in total. The van der Waals surface area contributed by atoms with Gasteiger partial charge in [0.1, 0.15) is 0 Å². The summed E-state index contributed by atoms with van der Waals surface area (Å²) in [6.07, 6.45) is -4.30. The summed E-state index contributed by atoms with van der Waals surface area (Å²) in [5.74, 6) is -3.10. The van der Waals surface area contributed by atoms with Crippen LogP contribution in [0.3, 0.4) is 0 Å². The van der Waals surface area contributed by atoms with E-state index in [4.69, 9.17) is 5.11 Å². The summed E-state index contributed by atoms with van der Waals surface area (Å²) >= 11 is 3.04. The van der Waals surface area contributed by atoms with E-state index in [1.807, 2.05) is 0 Å². The van der Waals surface area contributed by atoms with Crippen molar-refractivity contribution in [2.75, 3.05) is 5.32 Å². The molecule has 1 aliphatic carbocycles. The first kappa shape index (κ1) is 14.8. The third-order valence-electron chi connectivity index (χ3n) is 3.00. The van der Waals surface area contributed by atoms with Crippen molar-refractivity contribution in [3.05, 3.63) is 28.2 Å². The fraction of sp³-hybridized carbons (Fsp3) is 0.333. The Bertz CT molecular complexity index is 574. The van der Waals surface area contributed by atoms with E-state index in [2.05, 4.69) is 21.2 Å². The topological polar surface area (TPSA) is 66.4 Å². The summed E-state index contributed by atoms with van der Waals surface area (Å²) in [7, 11) is 0. The van der Waals surface area contributed by atoms with E-state index >= 15 is 0 Å². The number of hydrogen-bond acceptors (Lipinski definition) is 2. The summed E-state index contributed by atoms with van der Waals surface area (Å²) in [5.41, 5.74) is -0.914. The van der Waals surface area contributed by atoms with Crippen molar-refractivity contribution < 1.29 is 27.9 Å². The van der Waals surface area contributed by atoms with E-state index in [1.54, 1.807) is 0 Å². The Kier molecular flexibility index (Phi) is 3.77. The molecular formula is C12H9BrF3NO3. The molecule has 0 aliphatic heterocycles. The fourth-order valence-corrected chi connectivity index (χ4v) is 2.13. The lowest BCUT2D eigenvalue weighted by Crippen LogP contribution is -2.17. The Morgan fingerprint density at radius 1 is 1.30 bits per heavy atom. The van der Waals surface area contributed by atoms with Gasteiger partial charge in [-0.25, -0.2) is 0 Å². The maximum absolute atomic E-state index is 12.6. The number of halogens is 4. The number of alkyl halides is 3. The zero-order valence-corrected chi connectivity index (χ0v) is 11.5. The van der Waals surface area contributed by atoms with Crippen LogP contribution in [0.1, 0.15) is 12.0 Å². The van der Waals surface area contributed by atoms with Gasteiger partial charge < -0.3 is 10.4 Å². The van der Waals surface area contributed by atoms with E-state index in [0.717, 1.165) is 12.1 Å². The van der Waals surface area contributed by atoms with Crippen molar-refractivity contribution in [3.63, 3.8) is 0 Å². The van der Waals surface area contributed by atoms with E-state index in [1.165, 1.54) is 6.07 Å². The number of hydrogen-bond donors (Lipinski definition) is 2. The molecule has 2 N–H and O–H groups in total. The van der Waals surface area contributed by atoms with Crippen molar-refractivity contribution in [2.45, 2.75) is 12.6 Å². The van der Waals surface area contributed by atoms with E-state index in [-0.39, 0.29) is 12.1 Å². The third-order valence-corrected chi connectivity index (χ3v) is 3.69. The number of carbonyl (C=O) groups excluding carboxylic acids is 1. The monoisotopic (exact) mass is 351 g/mol. The molecule has 1 saturated carbocycles. The van der Waals surface area contributed by atoms with E-state index in [9.17, 15) is 22.8 Å². The lowest BCUT2D eigenvalue weighted by Gasteiger charge is -2.11. The molecule has 1 amide bonds. The zero-order chi connectivity index (χ0) is 15.1. The smallest absolute Gasteiger partial charge is 0.416 e. The quantitative estimate of drug-likeness (QED) is 0.879. The van der Waals surface area contributed by atoms with Crippen LogP contribution in [-0.2, 0) is 15.8 Å². The van der Waals surface area contributed by atoms with Gasteiger partial charge in [0, 0.05) is 4.47 Å². The van der Waals surface area contributed by atoms with Gasteiger partial charge in [-0.15, -0.1) is 0 Å². The average molecular weight is 352 g/mol. The molecule has 2 atom stereocenters. The van der Waals surface area contributed by atoms with Crippen LogP contribution >= 0.6 is 15.9 Å². The summed E-state index contributed by atoms with van der Waals surface area (Å²) < 4.78 is 38.0. The molecule has 0 radical (unpaired) electrons. The highest BCUT2D eigenvalue weighted by atomic mass is 79.9. The summed E-state index contributed by atoms with van der Waals surface area (Å²) in [6.45, 7) is 0. The first-order valence-electron chi connectivity index (χ1n) is 5.60. The van der Waals surface area contributed by atoms with Crippen LogP contribution in [0, 0.1) is 11.8 Å². The summed E-state index contributed by atoms with van der Waals surface area (Å²) in [5, 5.41) is 11.0. The maximum atomic E-state index is 12.6. The predicted octanol–water partition coefficient (Wildman–Crippen LogP) is 3.13. The Morgan fingerprint density at radius 2 is 1.95 bits per heavy atom. The lowest BCUT2D eigenvalue weighted by atomic mass is 10.2. The van der Waals surface area contributed by atoms with Crippen LogP contribution in [0.2, 0.25) is 0 Å². The number of aliphatic carboxylic acids is 1. The Hall–Kier alpha value is -1.57. The summed E-state index contributed by atoms with van der Waals surface area (Å²) in [4.78, 5) is 22.4. The van der Waals surface area contributed by atoms with Gasteiger partial charge in [-0.2, -0.15) is 13.2 Å².